The van der Waals surface area contributed by atoms with E-state index >= 15 is 0 Å². The summed E-state index contributed by atoms with van der Waals surface area (Å²) in [5, 5.41) is 0.819. The van der Waals surface area contributed by atoms with Gasteiger partial charge in [0, 0.05) is 24.4 Å². The summed E-state index contributed by atoms with van der Waals surface area (Å²) in [6.45, 7) is 3.79. The molecule has 0 N–H and O–H groups in total. The van der Waals surface area contributed by atoms with Gasteiger partial charge in [0.05, 0.1) is 22.0 Å². The van der Waals surface area contributed by atoms with Gasteiger partial charge in [-0.2, -0.15) is 0 Å². The van der Waals surface area contributed by atoms with Crippen LogP contribution in [-0.2, 0) is 9.84 Å². The van der Waals surface area contributed by atoms with Crippen molar-refractivity contribution in [2.45, 2.75) is 24.8 Å². The highest BCUT2D eigenvalue weighted by molar-refractivity contribution is 7.90. The number of para-hydroxylation sites is 1. The SMILES string of the molecule is Cc1cc(C(=O)N(C)C(C)c2ccc(S(C)(=O)=O)cc2)c2ccccc2n1. The lowest BCUT2D eigenvalue weighted by Gasteiger charge is -2.26. The number of carbonyl (C=O) groups excluding carboxylic acids is 1. The number of benzene rings is 2. The molecule has 1 atom stereocenters. The molecule has 0 spiro atoms. The summed E-state index contributed by atoms with van der Waals surface area (Å²) in [6.07, 6.45) is 1.18. The topological polar surface area (TPSA) is 67.3 Å². The van der Waals surface area contributed by atoms with E-state index in [-0.39, 0.29) is 16.8 Å². The summed E-state index contributed by atoms with van der Waals surface area (Å²) in [5.41, 5.74) is 3.06. The maximum atomic E-state index is 13.2. The van der Waals surface area contributed by atoms with Crippen molar-refractivity contribution in [3.63, 3.8) is 0 Å². The number of sulfone groups is 1. The molecule has 1 aromatic heterocycles. The molecule has 0 saturated carbocycles. The number of aromatic nitrogens is 1. The number of amides is 1. The molecular weight excluding hydrogens is 360 g/mol. The van der Waals surface area contributed by atoms with E-state index < -0.39 is 9.84 Å². The van der Waals surface area contributed by atoms with Crippen molar-refractivity contribution < 1.29 is 13.2 Å². The number of nitrogens with zero attached hydrogens (tertiary/aromatic N) is 2. The van der Waals surface area contributed by atoms with Crippen molar-refractivity contribution in [1.29, 1.82) is 0 Å². The first kappa shape index (κ1) is 19.0. The standard InChI is InChI=1S/C21H22N2O3S/c1-14-13-19(18-7-5-6-8-20(18)22-14)21(24)23(3)15(2)16-9-11-17(12-10-16)27(4,25)26/h5-13,15H,1-4H3. The van der Waals surface area contributed by atoms with Crippen LogP contribution in [-0.4, -0.2) is 37.5 Å². The highest BCUT2D eigenvalue weighted by Crippen LogP contribution is 2.25. The van der Waals surface area contributed by atoms with Crippen molar-refractivity contribution >= 4 is 26.6 Å². The Hall–Kier alpha value is -2.73. The number of hydrogen-bond acceptors (Lipinski definition) is 4. The van der Waals surface area contributed by atoms with Crippen LogP contribution >= 0.6 is 0 Å². The predicted octanol–water partition coefficient (Wildman–Crippen LogP) is 3.78. The van der Waals surface area contributed by atoms with E-state index in [2.05, 4.69) is 4.98 Å². The Morgan fingerprint density at radius 3 is 2.33 bits per heavy atom. The minimum Gasteiger partial charge on any atom is -0.335 e. The van der Waals surface area contributed by atoms with E-state index in [1.54, 1.807) is 42.3 Å². The van der Waals surface area contributed by atoms with Crippen LogP contribution in [0.3, 0.4) is 0 Å². The third kappa shape index (κ3) is 3.85. The largest absolute Gasteiger partial charge is 0.335 e. The fourth-order valence-electron chi connectivity index (χ4n) is 3.07. The van der Waals surface area contributed by atoms with Crippen LogP contribution in [0.5, 0.6) is 0 Å². The fourth-order valence-corrected chi connectivity index (χ4v) is 3.70. The molecule has 0 fully saturated rings. The smallest absolute Gasteiger partial charge is 0.254 e. The lowest BCUT2D eigenvalue weighted by Crippen LogP contribution is -2.30. The predicted molar refractivity (Wildman–Crippen MR) is 107 cm³/mol. The van der Waals surface area contributed by atoms with E-state index in [1.165, 1.54) is 6.26 Å². The zero-order chi connectivity index (χ0) is 19.8. The van der Waals surface area contributed by atoms with Gasteiger partial charge in [-0.1, -0.05) is 30.3 Å². The number of fused-ring (bicyclic) bond motifs is 1. The molecule has 0 saturated heterocycles. The Morgan fingerprint density at radius 1 is 1.07 bits per heavy atom. The van der Waals surface area contributed by atoms with Gasteiger partial charge in [-0.3, -0.25) is 9.78 Å². The van der Waals surface area contributed by atoms with Crippen molar-refractivity contribution in [3.8, 4) is 0 Å². The Labute approximate surface area is 159 Å². The molecule has 3 aromatic rings. The zero-order valence-corrected chi connectivity index (χ0v) is 16.6. The Balaban J connectivity index is 1.94. The van der Waals surface area contributed by atoms with Crippen molar-refractivity contribution in [2.24, 2.45) is 0 Å². The Morgan fingerprint density at radius 2 is 1.70 bits per heavy atom. The molecule has 0 bridgehead atoms. The highest BCUT2D eigenvalue weighted by Gasteiger charge is 2.21. The van der Waals surface area contributed by atoms with Crippen LogP contribution in [0.15, 0.2) is 59.5 Å². The van der Waals surface area contributed by atoms with Crippen LogP contribution in [0.2, 0.25) is 0 Å². The average Bonchev–Trinajstić information content (AvgIpc) is 2.65. The maximum Gasteiger partial charge on any atom is 0.254 e. The monoisotopic (exact) mass is 382 g/mol. The van der Waals surface area contributed by atoms with Gasteiger partial charge in [-0.25, -0.2) is 8.42 Å². The Kier molecular flexibility index (Phi) is 5.02. The number of rotatable bonds is 4. The zero-order valence-electron chi connectivity index (χ0n) is 15.8. The summed E-state index contributed by atoms with van der Waals surface area (Å²) >= 11 is 0. The van der Waals surface area contributed by atoms with Crippen LogP contribution in [0.25, 0.3) is 10.9 Å². The van der Waals surface area contributed by atoms with Gasteiger partial charge in [0.1, 0.15) is 0 Å². The van der Waals surface area contributed by atoms with Gasteiger partial charge in [0.2, 0.25) is 0 Å². The molecule has 5 nitrogen and oxygen atoms in total. The lowest BCUT2D eigenvalue weighted by atomic mass is 10.0. The molecule has 0 aliphatic carbocycles. The average molecular weight is 382 g/mol. The lowest BCUT2D eigenvalue weighted by molar-refractivity contribution is 0.0744. The van der Waals surface area contributed by atoms with Gasteiger partial charge in [-0.15, -0.1) is 0 Å². The summed E-state index contributed by atoms with van der Waals surface area (Å²) in [5.74, 6) is -0.101. The van der Waals surface area contributed by atoms with E-state index in [0.29, 0.717) is 5.56 Å². The van der Waals surface area contributed by atoms with Gasteiger partial charge in [-0.05, 0) is 43.7 Å². The molecule has 0 aliphatic heterocycles. The van der Waals surface area contributed by atoms with E-state index in [1.807, 2.05) is 38.1 Å². The number of carbonyl (C=O) groups is 1. The van der Waals surface area contributed by atoms with Gasteiger partial charge >= 0.3 is 0 Å². The van der Waals surface area contributed by atoms with E-state index in [0.717, 1.165) is 22.2 Å². The molecule has 1 amide bonds. The first-order chi connectivity index (χ1) is 12.7. The summed E-state index contributed by atoms with van der Waals surface area (Å²) in [7, 11) is -1.49. The van der Waals surface area contributed by atoms with Crippen molar-refractivity contribution in [2.75, 3.05) is 13.3 Å². The normalized spacial score (nSPS) is 12.7. The molecule has 0 radical (unpaired) electrons. The summed E-state index contributed by atoms with van der Waals surface area (Å²) < 4.78 is 23.3. The molecule has 27 heavy (non-hydrogen) atoms. The number of hydrogen-bond donors (Lipinski definition) is 0. The molecule has 1 unspecified atom stereocenters. The molecule has 2 aromatic carbocycles. The number of aryl methyl sites for hydroxylation is 1. The van der Waals surface area contributed by atoms with E-state index in [4.69, 9.17) is 0 Å². The first-order valence-corrected chi connectivity index (χ1v) is 10.5. The summed E-state index contributed by atoms with van der Waals surface area (Å²) in [4.78, 5) is 19.6. The number of pyridine rings is 1. The van der Waals surface area contributed by atoms with Crippen LogP contribution in [0, 0.1) is 6.92 Å². The molecule has 3 rings (SSSR count). The van der Waals surface area contributed by atoms with Crippen LogP contribution in [0.1, 0.15) is 34.6 Å². The second-order valence-electron chi connectivity index (χ2n) is 6.76. The van der Waals surface area contributed by atoms with Gasteiger partial charge in [0.15, 0.2) is 9.84 Å². The summed E-state index contributed by atoms with van der Waals surface area (Å²) in [6, 6.07) is 15.8. The first-order valence-electron chi connectivity index (χ1n) is 8.62. The molecule has 6 heteroatoms. The second-order valence-corrected chi connectivity index (χ2v) is 8.78. The fraction of sp³-hybridized carbons (Fsp3) is 0.238. The quantitative estimate of drug-likeness (QED) is 0.689. The third-order valence-electron chi connectivity index (χ3n) is 4.77. The van der Waals surface area contributed by atoms with Gasteiger partial charge in [0.25, 0.3) is 5.91 Å². The van der Waals surface area contributed by atoms with Gasteiger partial charge < -0.3 is 4.90 Å². The van der Waals surface area contributed by atoms with Crippen LogP contribution in [0.4, 0.5) is 0 Å². The van der Waals surface area contributed by atoms with Crippen LogP contribution < -0.4 is 0 Å². The molecule has 140 valence electrons. The minimum absolute atomic E-state index is 0.101. The molecule has 0 aliphatic rings. The third-order valence-corrected chi connectivity index (χ3v) is 5.90. The molecular formula is C21H22N2O3S. The molecule has 1 heterocycles. The Bertz CT molecular complexity index is 1110. The van der Waals surface area contributed by atoms with Crippen molar-refractivity contribution in [3.05, 3.63) is 71.4 Å². The highest BCUT2D eigenvalue weighted by atomic mass is 32.2. The second kappa shape index (κ2) is 7.12. The maximum absolute atomic E-state index is 13.2. The minimum atomic E-state index is -3.24. The van der Waals surface area contributed by atoms with Crippen molar-refractivity contribution in [1.82, 2.24) is 9.88 Å². The van der Waals surface area contributed by atoms with E-state index in [9.17, 15) is 13.2 Å².